The van der Waals surface area contributed by atoms with E-state index in [0.29, 0.717) is 52.8 Å². The average molecular weight is 558 g/mol. The highest BCUT2D eigenvalue weighted by Gasteiger charge is 2.36. The van der Waals surface area contributed by atoms with Crippen LogP contribution in [0.5, 0.6) is 11.5 Å². The van der Waals surface area contributed by atoms with E-state index in [4.69, 9.17) is 18.8 Å². The number of hydrogen-bond acceptors (Lipinski definition) is 8. The van der Waals surface area contributed by atoms with Gasteiger partial charge in [-0.3, -0.25) is 4.79 Å². The number of nitrogens with zero attached hydrogens (tertiary/aromatic N) is 2. The van der Waals surface area contributed by atoms with Gasteiger partial charge in [0.15, 0.2) is 11.5 Å². The van der Waals surface area contributed by atoms with Crippen LogP contribution in [0.1, 0.15) is 52.3 Å². The summed E-state index contributed by atoms with van der Waals surface area (Å²) in [7, 11) is 3.11. The monoisotopic (exact) mass is 557 g/mol. The van der Waals surface area contributed by atoms with Crippen LogP contribution in [-0.2, 0) is 11.3 Å². The first-order chi connectivity index (χ1) is 19.7. The number of benzene rings is 3. The number of oxime groups is 1. The Balaban J connectivity index is 1.40. The second kappa shape index (κ2) is 11.2. The molecule has 5 rings (SSSR count). The number of methoxy groups -OCH3 is 2. The Morgan fingerprint density at radius 1 is 0.951 bits per heavy atom. The molecule has 9 nitrogen and oxygen atoms in total. The molecule has 4 aromatic rings. The summed E-state index contributed by atoms with van der Waals surface area (Å²) in [5, 5.41) is 11.2. The highest BCUT2D eigenvalue weighted by atomic mass is 19.1. The molecule has 0 fully saturated rings. The molecule has 1 aromatic heterocycles. The maximum absolute atomic E-state index is 13.5. The first-order valence-corrected chi connectivity index (χ1v) is 12.8. The van der Waals surface area contributed by atoms with Crippen LogP contribution in [0.2, 0.25) is 0 Å². The predicted molar refractivity (Wildman–Crippen MR) is 150 cm³/mol. The van der Waals surface area contributed by atoms with Crippen molar-refractivity contribution in [3.63, 3.8) is 0 Å². The minimum atomic E-state index is -0.714. The maximum atomic E-state index is 13.5. The van der Waals surface area contributed by atoms with E-state index in [1.165, 1.54) is 24.3 Å². The van der Waals surface area contributed by atoms with Gasteiger partial charge in [0.1, 0.15) is 17.3 Å². The Morgan fingerprint density at radius 2 is 1.71 bits per heavy atom. The number of halogens is 1. The van der Waals surface area contributed by atoms with Crippen molar-refractivity contribution in [2.24, 2.45) is 10.6 Å². The van der Waals surface area contributed by atoms with Crippen molar-refractivity contribution in [3.05, 3.63) is 95.0 Å². The molecule has 1 aliphatic rings. The molecule has 0 bridgehead atoms. The molecule has 0 aliphatic heterocycles. The number of rotatable bonds is 7. The smallest absolute Gasteiger partial charge is 0.365 e. The Kier molecular flexibility index (Phi) is 7.56. The molecule has 0 saturated carbocycles. The minimum absolute atomic E-state index is 0.152. The molecule has 210 valence electrons. The average Bonchev–Trinajstić information content (AvgIpc) is 3.38. The van der Waals surface area contributed by atoms with Crippen molar-refractivity contribution in [1.82, 2.24) is 5.16 Å². The van der Waals surface area contributed by atoms with Crippen LogP contribution in [0.25, 0.3) is 11.3 Å². The zero-order valence-electron chi connectivity index (χ0n) is 23.0. The van der Waals surface area contributed by atoms with Gasteiger partial charge in [0, 0.05) is 23.2 Å². The fourth-order valence-corrected chi connectivity index (χ4v) is 4.75. The number of carbonyl (C=O) groups excluding carboxylic acids is 2. The first-order valence-electron chi connectivity index (χ1n) is 12.8. The third-order valence-corrected chi connectivity index (χ3v) is 6.68. The maximum Gasteiger partial charge on any atom is 0.365 e. The van der Waals surface area contributed by atoms with E-state index >= 15 is 0 Å². The Labute approximate surface area is 235 Å². The normalized spacial score (nSPS) is 14.7. The molecule has 0 saturated heterocycles. The van der Waals surface area contributed by atoms with Gasteiger partial charge in [-0.25, -0.2) is 9.18 Å². The molecule has 1 N–H and O–H groups in total. The highest BCUT2D eigenvalue weighted by molar-refractivity contribution is 6.08. The second-order valence-electron chi connectivity index (χ2n) is 10.4. The predicted octanol–water partition coefficient (Wildman–Crippen LogP) is 6.28. The number of hydrogen-bond donors (Lipinski definition) is 1. The summed E-state index contributed by atoms with van der Waals surface area (Å²) in [4.78, 5) is 30.9. The topological polar surface area (TPSA) is 112 Å². The van der Waals surface area contributed by atoms with Gasteiger partial charge in [0.05, 0.1) is 31.1 Å². The molecule has 1 heterocycles. The number of ether oxygens (including phenoxy) is 2. The molecule has 1 amide bonds. The molecule has 0 unspecified atom stereocenters. The third-order valence-electron chi connectivity index (χ3n) is 6.68. The van der Waals surface area contributed by atoms with E-state index < -0.39 is 17.7 Å². The molecule has 1 aliphatic carbocycles. The summed E-state index contributed by atoms with van der Waals surface area (Å²) in [6, 6.07) is 17.0. The fourth-order valence-electron chi connectivity index (χ4n) is 4.75. The minimum Gasteiger partial charge on any atom is -0.493 e. The second-order valence-corrected chi connectivity index (χ2v) is 10.4. The van der Waals surface area contributed by atoms with Crippen molar-refractivity contribution < 1.29 is 32.8 Å². The van der Waals surface area contributed by atoms with Crippen LogP contribution in [-0.4, -0.2) is 37.0 Å². The molecular formula is C31H28FN3O6. The summed E-state index contributed by atoms with van der Waals surface area (Å²) in [5.41, 5.74) is 2.92. The standard InChI is InChI=1S/C31H28FN3O6/c1-31(2)16-23(27-26(17-31)40-35-28(27)18-11-12-24(38-3)25(15-18)39-4)34-41-30(37)20-8-6-10-22(14-20)33-29(36)19-7-5-9-21(32)13-19/h5-15H,16-17H2,1-4H3,(H,33,36)/b34-23+. The Hall–Kier alpha value is -4.99. The lowest BCUT2D eigenvalue weighted by Gasteiger charge is -2.28. The van der Waals surface area contributed by atoms with Gasteiger partial charge < -0.3 is 24.2 Å². The molecule has 3 aromatic carbocycles. The number of aromatic nitrogens is 1. The summed E-state index contributed by atoms with van der Waals surface area (Å²) in [6.07, 6.45) is 1.14. The lowest BCUT2D eigenvalue weighted by atomic mass is 9.75. The first kappa shape index (κ1) is 27.6. The number of anilines is 1. The van der Waals surface area contributed by atoms with Gasteiger partial charge >= 0.3 is 5.97 Å². The van der Waals surface area contributed by atoms with Crippen molar-refractivity contribution in [2.75, 3.05) is 19.5 Å². The SMILES string of the molecule is COc1ccc(-c2noc3c2/C(=N/OC(=O)c2cccc(NC(=O)c4cccc(F)c4)c2)CC(C)(C)C3)cc1OC. The van der Waals surface area contributed by atoms with E-state index in [1.807, 2.05) is 6.07 Å². The lowest BCUT2D eigenvalue weighted by molar-refractivity contribution is 0.0513. The van der Waals surface area contributed by atoms with Gasteiger partial charge in [-0.2, -0.15) is 0 Å². The van der Waals surface area contributed by atoms with Gasteiger partial charge in [0.2, 0.25) is 0 Å². The molecule has 10 heteroatoms. The van der Waals surface area contributed by atoms with E-state index in [9.17, 15) is 14.0 Å². The molecular weight excluding hydrogens is 529 g/mol. The van der Waals surface area contributed by atoms with Crippen LogP contribution in [0, 0.1) is 11.2 Å². The van der Waals surface area contributed by atoms with Gasteiger partial charge in [0.25, 0.3) is 5.91 Å². The number of amides is 1. The number of nitrogens with one attached hydrogen (secondary N) is 1. The summed E-state index contributed by atoms with van der Waals surface area (Å²) in [5.74, 6) is 0.00279. The van der Waals surface area contributed by atoms with E-state index in [-0.39, 0.29) is 16.5 Å². The Bertz CT molecular complexity index is 1660. The van der Waals surface area contributed by atoms with Crippen LogP contribution in [0.4, 0.5) is 10.1 Å². The summed E-state index contributed by atoms with van der Waals surface area (Å²) >= 11 is 0. The van der Waals surface area contributed by atoms with Crippen LogP contribution < -0.4 is 14.8 Å². The zero-order valence-corrected chi connectivity index (χ0v) is 23.0. The van der Waals surface area contributed by atoms with Crippen LogP contribution in [0.15, 0.2) is 76.4 Å². The third kappa shape index (κ3) is 5.96. The number of fused-ring (bicyclic) bond motifs is 1. The van der Waals surface area contributed by atoms with Crippen LogP contribution in [0.3, 0.4) is 0 Å². The quantitative estimate of drug-likeness (QED) is 0.210. The molecule has 0 radical (unpaired) electrons. The van der Waals surface area contributed by atoms with Gasteiger partial charge in [-0.1, -0.05) is 36.3 Å². The van der Waals surface area contributed by atoms with Crippen molar-refractivity contribution in [1.29, 1.82) is 0 Å². The van der Waals surface area contributed by atoms with E-state index in [0.717, 1.165) is 11.6 Å². The molecule has 0 atom stereocenters. The van der Waals surface area contributed by atoms with Crippen molar-refractivity contribution >= 4 is 23.3 Å². The van der Waals surface area contributed by atoms with Gasteiger partial charge in [-0.15, -0.1) is 0 Å². The fraction of sp³-hybridized carbons (Fsp3) is 0.226. The lowest BCUT2D eigenvalue weighted by Crippen LogP contribution is -2.27. The largest absolute Gasteiger partial charge is 0.493 e. The van der Waals surface area contributed by atoms with E-state index in [2.05, 4.69) is 29.5 Å². The molecule has 0 spiro atoms. The number of carbonyl (C=O) groups is 2. The summed E-state index contributed by atoms with van der Waals surface area (Å²) in [6.45, 7) is 4.13. The molecule has 41 heavy (non-hydrogen) atoms. The van der Waals surface area contributed by atoms with E-state index in [1.54, 1.807) is 44.6 Å². The highest BCUT2D eigenvalue weighted by Crippen LogP contribution is 2.41. The van der Waals surface area contributed by atoms with Gasteiger partial charge in [-0.05, 0) is 66.4 Å². The van der Waals surface area contributed by atoms with Crippen molar-refractivity contribution in [2.45, 2.75) is 26.7 Å². The summed E-state index contributed by atoms with van der Waals surface area (Å²) < 4.78 is 30.0. The van der Waals surface area contributed by atoms with Crippen molar-refractivity contribution in [3.8, 4) is 22.8 Å². The Morgan fingerprint density at radius 3 is 2.46 bits per heavy atom. The zero-order chi connectivity index (χ0) is 29.1. The van der Waals surface area contributed by atoms with Crippen LogP contribution >= 0.6 is 0 Å².